The summed E-state index contributed by atoms with van der Waals surface area (Å²) in [6, 6.07) is 14.2. The fourth-order valence-electron chi connectivity index (χ4n) is 2.82. The minimum atomic E-state index is -0.0809. The van der Waals surface area contributed by atoms with Crippen LogP contribution in [0.4, 0.5) is 0 Å². The first kappa shape index (κ1) is 19.8. The molecule has 0 spiro atoms. The summed E-state index contributed by atoms with van der Waals surface area (Å²) in [5.74, 6) is 0. The van der Waals surface area contributed by atoms with Gasteiger partial charge in [-0.3, -0.25) is 0 Å². The normalized spacial score (nSPS) is 13.5. The van der Waals surface area contributed by atoms with E-state index in [-0.39, 0.29) is 4.75 Å². The van der Waals surface area contributed by atoms with Crippen molar-refractivity contribution in [1.29, 1.82) is 0 Å². The second-order valence-corrected chi connectivity index (χ2v) is 9.79. The Hall–Kier alpha value is -0.940. The number of rotatable bonds is 7. The summed E-state index contributed by atoms with van der Waals surface area (Å²) in [6.07, 6.45) is 7.62. The Bertz CT molecular complexity index is 833. The summed E-state index contributed by atoms with van der Waals surface area (Å²) < 4.78 is 3.13. The van der Waals surface area contributed by atoms with E-state index in [0.29, 0.717) is 10.0 Å². The number of nitrogens with zero attached hydrogens (tertiary/aromatic N) is 2. The van der Waals surface area contributed by atoms with Gasteiger partial charge in [0.15, 0.2) is 0 Å². The van der Waals surface area contributed by atoms with Gasteiger partial charge in [-0.2, -0.15) is 0 Å². The van der Waals surface area contributed by atoms with Gasteiger partial charge in [-0.05, 0) is 49.6 Å². The lowest BCUT2D eigenvalue weighted by atomic mass is 10.00. The molecule has 0 N–H and O–H groups in total. The van der Waals surface area contributed by atoms with Crippen LogP contribution >= 0.6 is 50.9 Å². The lowest BCUT2D eigenvalue weighted by Crippen LogP contribution is -2.27. The van der Waals surface area contributed by atoms with Crippen LogP contribution in [0.5, 0.6) is 0 Å². The Morgan fingerprint density at radius 1 is 1.12 bits per heavy atom. The Morgan fingerprint density at radius 2 is 1.81 bits per heavy atom. The zero-order valence-corrected chi connectivity index (χ0v) is 18.2. The summed E-state index contributed by atoms with van der Waals surface area (Å²) in [5, 5.41) is 1.39. The van der Waals surface area contributed by atoms with Crippen LogP contribution in [0.15, 0.2) is 70.6 Å². The Kier molecular flexibility index (Phi) is 6.73. The lowest BCUT2D eigenvalue weighted by Gasteiger charge is -2.30. The molecule has 6 heteroatoms. The van der Waals surface area contributed by atoms with Crippen molar-refractivity contribution >= 4 is 50.9 Å². The molecular weight excluding hydrogens is 451 g/mol. The Labute approximate surface area is 177 Å². The summed E-state index contributed by atoms with van der Waals surface area (Å²) in [5.41, 5.74) is 1.32. The molecule has 0 aliphatic heterocycles. The van der Waals surface area contributed by atoms with E-state index in [9.17, 15) is 0 Å². The summed E-state index contributed by atoms with van der Waals surface area (Å²) in [4.78, 5) is 5.11. The monoisotopic (exact) mass is 468 g/mol. The van der Waals surface area contributed by atoms with Crippen LogP contribution in [0, 0.1) is 0 Å². The van der Waals surface area contributed by atoms with E-state index in [4.69, 9.17) is 23.2 Å². The molecule has 1 aromatic heterocycles. The quantitative estimate of drug-likeness (QED) is 0.342. The van der Waals surface area contributed by atoms with Gasteiger partial charge in [0, 0.05) is 33.1 Å². The maximum Gasteiger partial charge on any atom is 0.0946 e. The number of hydrogen-bond acceptors (Lipinski definition) is 2. The molecule has 26 heavy (non-hydrogen) atoms. The maximum atomic E-state index is 6.42. The first-order chi connectivity index (χ1) is 12.5. The van der Waals surface area contributed by atoms with E-state index in [2.05, 4.69) is 56.7 Å². The molecule has 0 saturated carbocycles. The summed E-state index contributed by atoms with van der Waals surface area (Å²) >= 11 is 18.1. The Morgan fingerprint density at radius 3 is 2.42 bits per heavy atom. The van der Waals surface area contributed by atoms with E-state index in [1.54, 1.807) is 11.8 Å². The number of hydrogen-bond donors (Lipinski definition) is 0. The van der Waals surface area contributed by atoms with E-state index >= 15 is 0 Å². The molecule has 0 radical (unpaired) electrons. The molecule has 1 heterocycles. The van der Waals surface area contributed by atoms with Crippen molar-refractivity contribution in [3.8, 4) is 0 Å². The minimum Gasteiger partial charge on any atom is -0.336 e. The third kappa shape index (κ3) is 5.29. The van der Waals surface area contributed by atoms with Crippen LogP contribution in [0.1, 0.15) is 18.9 Å². The zero-order valence-electron chi connectivity index (χ0n) is 14.3. The van der Waals surface area contributed by atoms with Gasteiger partial charge < -0.3 is 4.57 Å². The van der Waals surface area contributed by atoms with Crippen LogP contribution in [0.25, 0.3) is 0 Å². The van der Waals surface area contributed by atoms with Crippen molar-refractivity contribution in [1.82, 2.24) is 9.55 Å². The topological polar surface area (TPSA) is 17.8 Å². The highest BCUT2D eigenvalue weighted by molar-refractivity contribution is 9.10. The molecule has 3 aromatic rings. The predicted molar refractivity (Wildman–Crippen MR) is 115 cm³/mol. The molecule has 0 amide bonds. The molecule has 0 saturated heterocycles. The van der Waals surface area contributed by atoms with Crippen LogP contribution in [-0.4, -0.2) is 14.3 Å². The van der Waals surface area contributed by atoms with Crippen molar-refractivity contribution < 1.29 is 0 Å². The Balaban J connectivity index is 1.82. The predicted octanol–water partition coefficient (Wildman–Crippen LogP) is 7.14. The van der Waals surface area contributed by atoms with Gasteiger partial charge in [0.2, 0.25) is 0 Å². The van der Waals surface area contributed by atoms with Crippen molar-refractivity contribution in [2.24, 2.45) is 0 Å². The van der Waals surface area contributed by atoms with Crippen LogP contribution in [-0.2, 0) is 13.0 Å². The van der Waals surface area contributed by atoms with Crippen molar-refractivity contribution in [2.75, 3.05) is 0 Å². The minimum absolute atomic E-state index is 0.0809. The molecule has 0 aliphatic rings. The molecule has 1 unspecified atom stereocenters. The van der Waals surface area contributed by atoms with E-state index < -0.39 is 0 Å². The highest BCUT2D eigenvalue weighted by Gasteiger charge is 2.28. The van der Waals surface area contributed by atoms with Crippen LogP contribution in [0.2, 0.25) is 10.0 Å². The van der Waals surface area contributed by atoms with E-state index in [1.165, 1.54) is 5.56 Å². The smallest absolute Gasteiger partial charge is 0.0946 e. The first-order valence-corrected chi connectivity index (χ1v) is 10.6. The number of aromatic nitrogens is 2. The van der Waals surface area contributed by atoms with Crippen molar-refractivity contribution in [3.05, 3.63) is 81.3 Å². The zero-order chi connectivity index (χ0) is 18.6. The molecule has 2 nitrogen and oxygen atoms in total. The number of benzene rings is 2. The van der Waals surface area contributed by atoms with Crippen LogP contribution in [0.3, 0.4) is 0 Å². The van der Waals surface area contributed by atoms with Gasteiger partial charge in [0.1, 0.15) is 0 Å². The van der Waals surface area contributed by atoms with Gasteiger partial charge in [-0.25, -0.2) is 4.98 Å². The SMILES string of the molecule is CC(CCc1ccc(Br)cc1)(Cn1ccnc1)Sc1c(Cl)cccc1Cl. The highest BCUT2D eigenvalue weighted by atomic mass is 79.9. The number of aryl methyl sites for hydroxylation is 1. The van der Waals surface area contributed by atoms with Crippen molar-refractivity contribution in [2.45, 2.75) is 36.0 Å². The molecule has 2 aromatic carbocycles. The standard InChI is InChI=1S/C20H19BrCl2N2S/c1-20(13-25-12-11-24-14-25,10-9-15-5-7-16(21)8-6-15)26-19-17(22)3-2-4-18(19)23/h2-8,11-12,14H,9-10,13H2,1H3. The second-order valence-electron chi connectivity index (χ2n) is 6.46. The average Bonchev–Trinajstić information content (AvgIpc) is 3.11. The lowest BCUT2D eigenvalue weighted by molar-refractivity contribution is 0.495. The molecule has 0 fully saturated rings. The molecule has 0 bridgehead atoms. The molecule has 136 valence electrons. The van der Waals surface area contributed by atoms with E-state index in [0.717, 1.165) is 28.8 Å². The third-order valence-corrected chi connectivity index (χ3v) is 7.05. The maximum absolute atomic E-state index is 6.42. The highest BCUT2D eigenvalue weighted by Crippen LogP contribution is 2.44. The van der Waals surface area contributed by atoms with Gasteiger partial charge >= 0.3 is 0 Å². The summed E-state index contributed by atoms with van der Waals surface area (Å²) in [6.45, 7) is 3.09. The van der Waals surface area contributed by atoms with Gasteiger partial charge in [-0.1, -0.05) is 57.3 Å². The first-order valence-electron chi connectivity index (χ1n) is 8.28. The van der Waals surface area contributed by atoms with Gasteiger partial charge in [-0.15, -0.1) is 11.8 Å². The third-order valence-electron chi connectivity index (χ3n) is 4.20. The number of imidazole rings is 1. The second kappa shape index (κ2) is 8.83. The van der Waals surface area contributed by atoms with Gasteiger partial charge in [0.05, 0.1) is 16.4 Å². The molecule has 0 aliphatic carbocycles. The van der Waals surface area contributed by atoms with Gasteiger partial charge in [0.25, 0.3) is 0 Å². The molecule has 1 atom stereocenters. The molecule has 3 rings (SSSR count). The fourth-order valence-corrected chi connectivity index (χ4v) is 4.95. The van der Waals surface area contributed by atoms with Crippen molar-refractivity contribution in [3.63, 3.8) is 0 Å². The number of halogens is 3. The number of thioether (sulfide) groups is 1. The van der Waals surface area contributed by atoms with Crippen LogP contribution < -0.4 is 0 Å². The summed E-state index contributed by atoms with van der Waals surface area (Å²) in [7, 11) is 0. The fraction of sp³-hybridized carbons (Fsp3) is 0.250. The average molecular weight is 470 g/mol. The van der Waals surface area contributed by atoms with E-state index in [1.807, 2.05) is 36.9 Å². The molecular formula is C20H19BrCl2N2S. The largest absolute Gasteiger partial charge is 0.336 e.